The number of ether oxygens (including phenoxy) is 1. The van der Waals surface area contributed by atoms with Crippen LogP contribution in [0, 0.1) is 5.92 Å². The molecule has 1 rings (SSSR count). The second kappa shape index (κ2) is 4.83. The van der Waals surface area contributed by atoms with E-state index in [0.29, 0.717) is 6.10 Å². The van der Waals surface area contributed by atoms with Crippen LogP contribution in [0.2, 0.25) is 0 Å². The summed E-state index contributed by atoms with van der Waals surface area (Å²) < 4.78 is 5.18. The van der Waals surface area contributed by atoms with Crippen LogP contribution in [0.5, 0.6) is 0 Å². The monoisotopic (exact) mass is 171 g/mol. The third-order valence-electron chi connectivity index (χ3n) is 2.70. The molecule has 0 aromatic heterocycles. The Hall–Kier alpha value is -0.0800. The molecule has 2 nitrogen and oxygen atoms in total. The summed E-state index contributed by atoms with van der Waals surface area (Å²) >= 11 is 0. The Morgan fingerprint density at radius 3 is 2.58 bits per heavy atom. The average molecular weight is 171 g/mol. The molecule has 0 radical (unpaired) electrons. The second-order valence-corrected chi connectivity index (χ2v) is 3.81. The smallest absolute Gasteiger partial charge is 0.0667 e. The highest BCUT2D eigenvalue weighted by Gasteiger charge is 2.29. The molecule has 0 bridgehead atoms. The fourth-order valence-electron chi connectivity index (χ4n) is 1.54. The lowest BCUT2D eigenvalue weighted by atomic mass is 10.1. The van der Waals surface area contributed by atoms with Crippen LogP contribution in [0.4, 0.5) is 0 Å². The van der Waals surface area contributed by atoms with Crippen molar-refractivity contribution in [2.75, 3.05) is 13.7 Å². The van der Waals surface area contributed by atoms with Gasteiger partial charge in [0.1, 0.15) is 0 Å². The number of nitrogens with one attached hydrogen (secondary N) is 1. The number of hydrogen-bond donors (Lipinski definition) is 1. The molecule has 12 heavy (non-hydrogen) atoms. The van der Waals surface area contributed by atoms with Crippen LogP contribution in [0.25, 0.3) is 0 Å². The summed E-state index contributed by atoms with van der Waals surface area (Å²) in [6.45, 7) is 5.35. The first-order valence-corrected chi connectivity index (χ1v) is 5.04. The molecule has 0 spiro atoms. The van der Waals surface area contributed by atoms with Crippen LogP contribution in [0.1, 0.15) is 33.1 Å². The van der Waals surface area contributed by atoms with Gasteiger partial charge in [-0.1, -0.05) is 6.92 Å². The second-order valence-electron chi connectivity index (χ2n) is 3.81. The highest BCUT2D eigenvalue weighted by molar-refractivity contribution is 4.85. The van der Waals surface area contributed by atoms with E-state index in [-0.39, 0.29) is 0 Å². The van der Waals surface area contributed by atoms with Crippen molar-refractivity contribution >= 4 is 0 Å². The summed E-state index contributed by atoms with van der Waals surface area (Å²) in [5.41, 5.74) is 0. The van der Waals surface area contributed by atoms with E-state index in [1.54, 1.807) is 7.11 Å². The summed E-state index contributed by atoms with van der Waals surface area (Å²) in [5, 5.41) is 3.56. The van der Waals surface area contributed by atoms with Gasteiger partial charge < -0.3 is 10.1 Å². The van der Waals surface area contributed by atoms with E-state index in [1.807, 2.05) is 0 Å². The average Bonchev–Trinajstić information content (AvgIpc) is 2.89. The molecular weight excluding hydrogens is 150 g/mol. The molecule has 0 aromatic rings. The van der Waals surface area contributed by atoms with E-state index in [4.69, 9.17) is 4.74 Å². The zero-order valence-corrected chi connectivity index (χ0v) is 8.47. The SMILES string of the molecule is CCC(NCC(C)OC)C1CC1. The summed E-state index contributed by atoms with van der Waals surface area (Å²) in [7, 11) is 1.77. The van der Waals surface area contributed by atoms with Gasteiger partial charge in [-0.3, -0.25) is 0 Å². The summed E-state index contributed by atoms with van der Waals surface area (Å²) in [6.07, 6.45) is 4.44. The molecule has 72 valence electrons. The van der Waals surface area contributed by atoms with E-state index in [0.717, 1.165) is 18.5 Å². The van der Waals surface area contributed by atoms with E-state index < -0.39 is 0 Å². The molecule has 0 saturated heterocycles. The van der Waals surface area contributed by atoms with Crippen molar-refractivity contribution in [3.05, 3.63) is 0 Å². The van der Waals surface area contributed by atoms with E-state index in [2.05, 4.69) is 19.2 Å². The predicted octanol–water partition coefficient (Wildman–Crippen LogP) is 1.80. The third kappa shape index (κ3) is 3.11. The van der Waals surface area contributed by atoms with Gasteiger partial charge in [-0.2, -0.15) is 0 Å². The van der Waals surface area contributed by atoms with Crippen LogP contribution in [-0.4, -0.2) is 25.8 Å². The van der Waals surface area contributed by atoms with Crippen LogP contribution >= 0.6 is 0 Å². The topological polar surface area (TPSA) is 21.3 Å². The molecule has 2 heteroatoms. The lowest BCUT2D eigenvalue weighted by Gasteiger charge is -2.18. The van der Waals surface area contributed by atoms with Crippen LogP contribution in [-0.2, 0) is 4.74 Å². The Labute approximate surface area is 75.7 Å². The quantitative estimate of drug-likeness (QED) is 0.658. The number of hydrogen-bond acceptors (Lipinski definition) is 2. The minimum absolute atomic E-state index is 0.345. The lowest BCUT2D eigenvalue weighted by molar-refractivity contribution is 0.113. The fourth-order valence-corrected chi connectivity index (χ4v) is 1.54. The minimum atomic E-state index is 0.345. The van der Waals surface area contributed by atoms with Gasteiger partial charge in [0.25, 0.3) is 0 Å². The maximum Gasteiger partial charge on any atom is 0.0667 e. The minimum Gasteiger partial charge on any atom is -0.380 e. The summed E-state index contributed by atoms with van der Waals surface area (Å²) in [5.74, 6) is 0.957. The molecular formula is C10H21NO. The zero-order valence-electron chi connectivity index (χ0n) is 8.47. The Kier molecular flexibility index (Phi) is 4.02. The van der Waals surface area contributed by atoms with Gasteiger partial charge in [0.2, 0.25) is 0 Å². The van der Waals surface area contributed by atoms with E-state index in [9.17, 15) is 0 Å². The van der Waals surface area contributed by atoms with Gasteiger partial charge in [-0.15, -0.1) is 0 Å². The van der Waals surface area contributed by atoms with Gasteiger partial charge in [-0.05, 0) is 32.1 Å². The molecule has 1 saturated carbocycles. The standard InChI is InChI=1S/C10H21NO/c1-4-10(9-5-6-9)11-7-8(2)12-3/h8-11H,4-7H2,1-3H3. The first-order chi connectivity index (χ1) is 5.77. The van der Waals surface area contributed by atoms with Crippen LogP contribution in [0.15, 0.2) is 0 Å². The summed E-state index contributed by atoms with van der Waals surface area (Å²) in [4.78, 5) is 0. The Bertz CT molecular complexity index is 123. The highest BCUT2D eigenvalue weighted by atomic mass is 16.5. The van der Waals surface area contributed by atoms with E-state index >= 15 is 0 Å². The molecule has 0 aliphatic heterocycles. The number of methoxy groups -OCH3 is 1. The molecule has 0 aromatic carbocycles. The maximum absolute atomic E-state index is 5.18. The first kappa shape index (κ1) is 10.0. The van der Waals surface area contributed by atoms with Crippen LogP contribution < -0.4 is 5.32 Å². The number of rotatable bonds is 6. The van der Waals surface area contributed by atoms with Crippen molar-refractivity contribution in [1.82, 2.24) is 5.32 Å². The Morgan fingerprint density at radius 1 is 1.50 bits per heavy atom. The molecule has 0 heterocycles. The van der Waals surface area contributed by atoms with Gasteiger partial charge in [-0.25, -0.2) is 0 Å². The Balaban J connectivity index is 2.10. The van der Waals surface area contributed by atoms with Crippen molar-refractivity contribution in [1.29, 1.82) is 0 Å². The molecule has 1 aliphatic carbocycles. The molecule has 1 fully saturated rings. The van der Waals surface area contributed by atoms with Gasteiger partial charge >= 0.3 is 0 Å². The van der Waals surface area contributed by atoms with Crippen LogP contribution in [0.3, 0.4) is 0 Å². The van der Waals surface area contributed by atoms with Crippen molar-refractivity contribution in [3.63, 3.8) is 0 Å². The first-order valence-electron chi connectivity index (χ1n) is 5.04. The maximum atomic E-state index is 5.18. The van der Waals surface area contributed by atoms with E-state index in [1.165, 1.54) is 19.3 Å². The summed E-state index contributed by atoms with van der Waals surface area (Å²) in [6, 6.07) is 0.739. The van der Waals surface area contributed by atoms with Crippen molar-refractivity contribution in [2.45, 2.75) is 45.3 Å². The largest absolute Gasteiger partial charge is 0.380 e. The molecule has 2 atom stereocenters. The fraction of sp³-hybridized carbons (Fsp3) is 1.00. The van der Waals surface area contributed by atoms with Crippen molar-refractivity contribution in [2.24, 2.45) is 5.92 Å². The van der Waals surface area contributed by atoms with Gasteiger partial charge in [0.15, 0.2) is 0 Å². The zero-order chi connectivity index (χ0) is 8.97. The lowest BCUT2D eigenvalue weighted by Crippen LogP contribution is -2.36. The molecule has 1 aliphatic rings. The van der Waals surface area contributed by atoms with Gasteiger partial charge in [0, 0.05) is 19.7 Å². The normalized spacial score (nSPS) is 22.2. The van der Waals surface area contributed by atoms with Crippen molar-refractivity contribution in [3.8, 4) is 0 Å². The highest BCUT2D eigenvalue weighted by Crippen LogP contribution is 2.33. The third-order valence-corrected chi connectivity index (χ3v) is 2.70. The molecule has 0 amide bonds. The van der Waals surface area contributed by atoms with Gasteiger partial charge in [0.05, 0.1) is 6.10 Å². The predicted molar refractivity (Wildman–Crippen MR) is 51.3 cm³/mol. The van der Waals surface area contributed by atoms with Crippen molar-refractivity contribution < 1.29 is 4.74 Å². The Morgan fingerprint density at radius 2 is 2.17 bits per heavy atom. The molecule has 2 unspecified atom stereocenters. The molecule has 1 N–H and O–H groups in total.